The Balaban J connectivity index is 1.50. The molecule has 2 heterocycles. The lowest BCUT2D eigenvalue weighted by Gasteiger charge is -2.25. The Kier molecular flexibility index (Phi) is 5.96. The van der Waals surface area contributed by atoms with Crippen LogP contribution in [0, 0.1) is 17.2 Å². The van der Waals surface area contributed by atoms with Crippen LogP contribution in [0.25, 0.3) is 27.4 Å². The lowest BCUT2D eigenvalue weighted by atomic mass is 9.80. The summed E-state index contributed by atoms with van der Waals surface area (Å²) in [5.74, 6) is 0.577. The predicted molar refractivity (Wildman–Crippen MR) is 134 cm³/mol. The summed E-state index contributed by atoms with van der Waals surface area (Å²) in [5.41, 5.74) is 4.71. The number of aromatic nitrogens is 3. The highest BCUT2D eigenvalue weighted by Gasteiger charge is 2.26. The molecule has 1 aliphatic carbocycles. The van der Waals surface area contributed by atoms with E-state index >= 15 is 0 Å². The summed E-state index contributed by atoms with van der Waals surface area (Å²) >= 11 is 0. The van der Waals surface area contributed by atoms with Crippen LogP contribution in [0.4, 0.5) is 5.69 Å². The van der Waals surface area contributed by atoms with Crippen molar-refractivity contribution in [2.75, 3.05) is 10.5 Å². The Labute approximate surface area is 199 Å². The van der Waals surface area contributed by atoms with Crippen LogP contribution in [0.2, 0.25) is 0 Å². The van der Waals surface area contributed by atoms with E-state index in [0.717, 1.165) is 58.8 Å². The first-order chi connectivity index (χ1) is 16.5. The molecule has 5 rings (SSSR count). The van der Waals surface area contributed by atoms with E-state index in [2.05, 4.69) is 22.0 Å². The van der Waals surface area contributed by atoms with Crippen molar-refractivity contribution >= 4 is 32.0 Å². The minimum atomic E-state index is -3.33. The van der Waals surface area contributed by atoms with E-state index in [1.165, 1.54) is 0 Å². The molecule has 0 bridgehead atoms. The summed E-state index contributed by atoms with van der Waals surface area (Å²) in [7, 11) is -3.33. The second kappa shape index (κ2) is 9.07. The number of benzene rings is 2. The number of sulfonamides is 1. The molecule has 0 amide bonds. The topological polar surface area (TPSA) is 100 Å². The van der Waals surface area contributed by atoms with Crippen LogP contribution >= 0.6 is 0 Å². The molecule has 2 aromatic carbocycles. The number of rotatable bonds is 6. The largest absolute Gasteiger partial charge is 0.284 e. The molecule has 2 aromatic heterocycles. The molecule has 1 aliphatic rings. The van der Waals surface area contributed by atoms with E-state index < -0.39 is 10.0 Å². The quantitative estimate of drug-likeness (QED) is 0.399. The highest BCUT2D eigenvalue weighted by molar-refractivity contribution is 7.92. The van der Waals surface area contributed by atoms with Crippen molar-refractivity contribution < 1.29 is 8.42 Å². The van der Waals surface area contributed by atoms with Gasteiger partial charge in [-0.15, -0.1) is 0 Å². The lowest BCUT2D eigenvalue weighted by molar-refractivity contribution is 0.378. The minimum Gasteiger partial charge on any atom is -0.284 e. The van der Waals surface area contributed by atoms with Gasteiger partial charge in [-0.1, -0.05) is 25.1 Å². The molecule has 0 spiro atoms. The second-order valence-electron chi connectivity index (χ2n) is 9.04. The molecule has 34 heavy (non-hydrogen) atoms. The van der Waals surface area contributed by atoms with Crippen molar-refractivity contribution in [3.63, 3.8) is 0 Å². The Hall–Kier alpha value is -3.44. The Morgan fingerprint density at radius 3 is 2.65 bits per heavy atom. The van der Waals surface area contributed by atoms with Crippen LogP contribution in [0.3, 0.4) is 0 Å². The number of hydrogen-bond acceptors (Lipinski definition) is 5. The number of fused-ring (bicyclic) bond motifs is 2. The summed E-state index contributed by atoms with van der Waals surface area (Å²) in [5, 5.41) is 15.8. The third kappa shape index (κ3) is 4.36. The maximum atomic E-state index is 12.1. The summed E-state index contributed by atoms with van der Waals surface area (Å²) in [6.07, 6.45) is 9.88. The molecule has 4 aromatic rings. The summed E-state index contributed by atoms with van der Waals surface area (Å²) in [6, 6.07) is 14.2. The maximum Gasteiger partial charge on any atom is 0.232 e. The molecule has 0 saturated heterocycles. The maximum absolute atomic E-state index is 12.1. The van der Waals surface area contributed by atoms with Crippen LogP contribution in [0.15, 0.2) is 55.0 Å². The smallest absolute Gasteiger partial charge is 0.232 e. The molecule has 174 valence electrons. The fourth-order valence-corrected chi connectivity index (χ4v) is 6.08. The minimum absolute atomic E-state index is 0.104. The third-order valence-electron chi connectivity index (χ3n) is 6.65. The number of anilines is 1. The molecule has 0 radical (unpaired) electrons. The molecular formula is C26H27N5O2S. The van der Waals surface area contributed by atoms with Crippen LogP contribution in [0.5, 0.6) is 0 Å². The van der Waals surface area contributed by atoms with Crippen molar-refractivity contribution in [3.8, 4) is 17.2 Å². The first kappa shape index (κ1) is 22.4. The van der Waals surface area contributed by atoms with Gasteiger partial charge in [0.2, 0.25) is 10.0 Å². The molecule has 7 nitrogen and oxygen atoms in total. The van der Waals surface area contributed by atoms with Gasteiger partial charge in [-0.3, -0.25) is 9.71 Å². The van der Waals surface area contributed by atoms with Crippen LogP contribution in [0.1, 0.15) is 50.6 Å². The van der Waals surface area contributed by atoms with Crippen molar-refractivity contribution in [2.45, 2.75) is 44.9 Å². The fraction of sp³-hybridized carbons (Fsp3) is 0.346. The van der Waals surface area contributed by atoms with E-state index in [9.17, 15) is 13.7 Å². The third-order valence-corrected chi connectivity index (χ3v) is 8.15. The summed E-state index contributed by atoms with van der Waals surface area (Å²) in [4.78, 5) is 4.75. The standard InChI is InChI=1S/C26H27N5O2S/c1-2-13-34(32,33)30-23-10-9-20-14-22(8-7-21(20)15-23)24-17-29-31-12-11-28-25(26(24)31)19-5-3-18(16-27)4-6-19/h7-12,14-15,17-19,30H,2-6,13H2,1H3. The zero-order chi connectivity index (χ0) is 23.7. The molecule has 0 unspecified atom stereocenters. The highest BCUT2D eigenvalue weighted by Crippen LogP contribution is 2.39. The van der Waals surface area contributed by atoms with E-state index in [1.807, 2.05) is 48.1 Å². The molecule has 0 aliphatic heterocycles. The Bertz CT molecular complexity index is 1490. The monoisotopic (exact) mass is 473 g/mol. The van der Waals surface area contributed by atoms with Crippen molar-refractivity contribution in [3.05, 3.63) is 60.7 Å². The first-order valence-corrected chi connectivity index (χ1v) is 13.4. The van der Waals surface area contributed by atoms with Crippen LogP contribution < -0.4 is 4.72 Å². The fourth-order valence-electron chi connectivity index (χ4n) is 4.95. The van der Waals surface area contributed by atoms with Gasteiger partial charge < -0.3 is 0 Å². The average molecular weight is 474 g/mol. The molecule has 1 saturated carbocycles. The molecule has 0 atom stereocenters. The Morgan fingerprint density at radius 2 is 1.88 bits per heavy atom. The van der Waals surface area contributed by atoms with Gasteiger partial charge >= 0.3 is 0 Å². The van der Waals surface area contributed by atoms with Crippen molar-refractivity contribution in [1.82, 2.24) is 14.6 Å². The number of nitrogens with zero attached hydrogens (tertiary/aromatic N) is 4. The van der Waals surface area contributed by atoms with E-state index in [-0.39, 0.29) is 11.7 Å². The normalized spacial score (nSPS) is 18.7. The van der Waals surface area contributed by atoms with E-state index in [4.69, 9.17) is 4.98 Å². The molecular weight excluding hydrogens is 446 g/mol. The predicted octanol–water partition coefficient (Wildman–Crippen LogP) is 5.50. The van der Waals surface area contributed by atoms with Crippen LogP contribution in [-0.4, -0.2) is 28.8 Å². The molecule has 1 N–H and O–H groups in total. The number of hydrogen-bond donors (Lipinski definition) is 1. The Morgan fingerprint density at radius 1 is 1.12 bits per heavy atom. The second-order valence-corrected chi connectivity index (χ2v) is 10.9. The summed E-state index contributed by atoms with van der Waals surface area (Å²) < 4.78 is 28.8. The van der Waals surface area contributed by atoms with Gasteiger partial charge in [0.25, 0.3) is 0 Å². The molecule has 1 fully saturated rings. The first-order valence-electron chi connectivity index (χ1n) is 11.7. The van der Waals surface area contributed by atoms with Gasteiger partial charge in [-0.05, 0) is 66.6 Å². The molecule has 8 heteroatoms. The lowest BCUT2D eigenvalue weighted by Crippen LogP contribution is -2.15. The van der Waals surface area contributed by atoms with Gasteiger partial charge in [-0.25, -0.2) is 12.9 Å². The average Bonchev–Trinajstić information content (AvgIpc) is 3.28. The zero-order valence-corrected chi connectivity index (χ0v) is 19.9. The SMILES string of the molecule is CCCS(=O)(=O)Nc1ccc2cc(-c3cnn4ccnc(C5CCC(C#N)CC5)c34)ccc2c1. The van der Waals surface area contributed by atoms with Crippen molar-refractivity contribution in [1.29, 1.82) is 5.26 Å². The number of nitrogens with one attached hydrogen (secondary N) is 1. The van der Waals surface area contributed by atoms with Gasteiger partial charge in [0.15, 0.2) is 0 Å². The van der Waals surface area contributed by atoms with Gasteiger partial charge in [0.1, 0.15) is 0 Å². The van der Waals surface area contributed by atoms with Crippen molar-refractivity contribution in [2.24, 2.45) is 5.92 Å². The van der Waals surface area contributed by atoms with E-state index in [0.29, 0.717) is 18.0 Å². The van der Waals surface area contributed by atoms with Gasteiger partial charge in [0.05, 0.1) is 29.2 Å². The van der Waals surface area contributed by atoms with Crippen LogP contribution in [-0.2, 0) is 10.0 Å². The van der Waals surface area contributed by atoms with Gasteiger partial charge in [0, 0.05) is 35.5 Å². The van der Waals surface area contributed by atoms with E-state index in [1.54, 1.807) is 12.3 Å². The highest BCUT2D eigenvalue weighted by atomic mass is 32.2. The number of nitriles is 1. The zero-order valence-electron chi connectivity index (χ0n) is 19.1. The van der Waals surface area contributed by atoms with Gasteiger partial charge in [-0.2, -0.15) is 10.4 Å². The summed E-state index contributed by atoms with van der Waals surface area (Å²) in [6.45, 7) is 1.85.